The van der Waals surface area contributed by atoms with Gasteiger partial charge in [0.2, 0.25) is 0 Å². The highest BCUT2D eigenvalue weighted by atomic mass is 79.9. The van der Waals surface area contributed by atoms with Crippen LogP contribution >= 0.6 is 27.7 Å². The van der Waals surface area contributed by atoms with Crippen molar-refractivity contribution >= 4 is 27.7 Å². The van der Waals surface area contributed by atoms with E-state index in [2.05, 4.69) is 52.0 Å². The van der Waals surface area contributed by atoms with Gasteiger partial charge in [-0.25, -0.2) is 0 Å². The van der Waals surface area contributed by atoms with Gasteiger partial charge in [0, 0.05) is 24.9 Å². The number of hydrogen-bond donors (Lipinski definition) is 1. The third-order valence-electron chi connectivity index (χ3n) is 3.85. The number of rotatable bonds is 6. The van der Waals surface area contributed by atoms with Gasteiger partial charge in [-0.15, -0.1) is 0 Å². The summed E-state index contributed by atoms with van der Waals surface area (Å²) in [5, 5.41) is 9.11. The molecule has 1 aromatic rings. The van der Waals surface area contributed by atoms with Gasteiger partial charge in [-0.2, -0.15) is 16.9 Å². The lowest BCUT2D eigenvalue weighted by Crippen LogP contribution is -2.27. The van der Waals surface area contributed by atoms with Crippen molar-refractivity contribution in [3.05, 3.63) is 15.9 Å². The Morgan fingerprint density at radius 2 is 2.21 bits per heavy atom. The lowest BCUT2D eigenvalue weighted by molar-refractivity contribution is 0.507. The molecule has 2 unspecified atom stereocenters. The summed E-state index contributed by atoms with van der Waals surface area (Å²) in [5.74, 6) is 1.24. The van der Waals surface area contributed by atoms with E-state index in [0.29, 0.717) is 6.04 Å². The number of aromatic nitrogens is 2. The molecule has 0 radical (unpaired) electrons. The van der Waals surface area contributed by atoms with Crippen LogP contribution < -0.4 is 5.32 Å². The van der Waals surface area contributed by atoms with Crippen molar-refractivity contribution in [3.63, 3.8) is 0 Å². The summed E-state index contributed by atoms with van der Waals surface area (Å²) in [6, 6.07) is 0.677. The second kappa shape index (κ2) is 7.14. The van der Waals surface area contributed by atoms with Gasteiger partial charge in [0.25, 0.3) is 0 Å². The molecule has 5 heteroatoms. The molecule has 0 aliphatic heterocycles. The number of nitrogens with zero attached hydrogens (tertiary/aromatic N) is 2. The molecule has 0 saturated heterocycles. The van der Waals surface area contributed by atoms with E-state index < -0.39 is 0 Å². The summed E-state index contributed by atoms with van der Waals surface area (Å²) >= 11 is 5.79. The molecule has 108 valence electrons. The Bertz CT molecular complexity index is 419. The fourth-order valence-electron chi connectivity index (χ4n) is 2.77. The van der Waals surface area contributed by atoms with Gasteiger partial charge in [0.15, 0.2) is 0 Å². The SMILES string of the molecule is CCSC1CCC(NCc2c(Br)c(CC)nn2C)C1. The van der Waals surface area contributed by atoms with Crippen molar-refractivity contribution in [2.24, 2.45) is 7.05 Å². The van der Waals surface area contributed by atoms with E-state index in [1.165, 1.54) is 35.2 Å². The highest BCUT2D eigenvalue weighted by Gasteiger charge is 2.24. The molecule has 1 aliphatic rings. The van der Waals surface area contributed by atoms with Gasteiger partial charge in [-0.3, -0.25) is 4.68 Å². The summed E-state index contributed by atoms with van der Waals surface area (Å²) < 4.78 is 3.19. The van der Waals surface area contributed by atoms with E-state index in [9.17, 15) is 0 Å². The van der Waals surface area contributed by atoms with Crippen LogP contribution in [0.3, 0.4) is 0 Å². The highest BCUT2D eigenvalue weighted by molar-refractivity contribution is 9.10. The first-order valence-corrected chi connectivity index (χ1v) is 9.05. The molecule has 1 fully saturated rings. The van der Waals surface area contributed by atoms with Gasteiger partial charge < -0.3 is 5.32 Å². The number of nitrogens with one attached hydrogen (secondary N) is 1. The molecule has 19 heavy (non-hydrogen) atoms. The average Bonchev–Trinajstić information content (AvgIpc) is 2.93. The largest absolute Gasteiger partial charge is 0.308 e. The van der Waals surface area contributed by atoms with E-state index >= 15 is 0 Å². The molecular weight excluding hydrogens is 322 g/mol. The van der Waals surface area contributed by atoms with E-state index in [1.54, 1.807) is 0 Å². The fraction of sp³-hybridized carbons (Fsp3) is 0.786. The Morgan fingerprint density at radius 3 is 2.84 bits per heavy atom. The molecule has 1 aromatic heterocycles. The van der Waals surface area contributed by atoms with E-state index in [1.807, 2.05) is 11.7 Å². The van der Waals surface area contributed by atoms with E-state index in [-0.39, 0.29) is 0 Å². The zero-order chi connectivity index (χ0) is 13.8. The van der Waals surface area contributed by atoms with Crippen LogP contribution in [0.25, 0.3) is 0 Å². The quantitative estimate of drug-likeness (QED) is 0.855. The van der Waals surface area contributed by atoms with Crippen LogP contribution in [-0.2, 0) is 20.0 Å². The van der Waals surface area contributed by atoms with Crippen LogP contribution in [0.2, 0.25) is 0 Å². The Kier molecular flexibility index (Phi) is 5.78. The molecule has 0 spiro atoms. The van der Waals surface area contributed by atoms with Crippen LogP contribution in [0.5, 0.6) is 0 Å². The molecule has 2 rings (SSSR count). The van der Waals surface area contributed by atoms with Crippen molar-refractivity contribution in [2.45, 2.75) is 57.4 Å². The minimum Gasteiger partial charge on any atom is -0.308 e. The second-order valence-corrected chi connectivity index (χ2v) is 7.52. The molecule has 3 nitrogen and oxygen atoms in total. The maximum Gasteiger partial charge on any atom is 0.0767 e. The van der Waals surface area contributed by atoms with Crippen molar-refractivity contribution in [1.82, 2.24) is 15.1 Å². The Labute approximate surface area is 129 Å². The van der Waals surface area contributed by atoms with Crippen LogP contribution in [0.15, 0.2) is 4.47 Å². The first kappa shape index (κ1) is 15.4. The van der Waals surface area contributed by atoms with Crippen molar-refractivity contribution in [1.29, 1.82) is 0 Å². The number of thioether (sulfide) groups is 1. The van der Waals surface area contributed by atoms with E-state index in [0.717, 1.165) is 23.9 Å². The van der Waals surface area contributed by atoms with Gasteiger partial charge in [-0.1, -0.05) is 13.8 Å². The Morgan fingerprint density at radius 1 is 1.42 bits per heavy atom. The summed E-state index contributed by atoms with van der Waals surface area (Å²) in [7, 11) is 2.03. The summed E-state index contributed by atoms with van der Waals surface area (Å²) in [5.41, 5.74) is 2.42. The lowest BCUT2D eigenvalue weighted by atomic mass is 10.2. The number of halogens is 1. The molecule has 1 N–H and O–H groups in total. The van der Waals surface area contributed by atoms with Crippen molar-refractivity contribution in [2.75, 3.05) is 5.75 Å². The molecular formula is C14H24BrN3S. The minimum atomic E-state index is 0.677. The van der Waals surface area contributed by atoms with Crippen LogP contribution in [0.1, 0.15) is 44.5 Å². The first-order valence-electron chi connectivity index (χ1n) is 7.20. The Hall–Kier alpha value is 0. The van der Waals surface area contributed by atoms with Crippen LogP contribution in [0, 0.1) is 0 Å². The fourth-order valence-corrected chi connectivity index (χ4v) is 4.66. The third kappa shape index (κ3) is 3.76. The smallest absolute Gasteiger partial charge is 0.0767 e. The molecule has 0 amide bonds. The number of hydrogen-bond acceptors (Lipinski definition) is 3. The topological polar surface area (TPSA) is 29.9 Å². The van der Waals surface area contributed by atoms with Crippen molar-refractivity contribution in [3.8, 4) is 0 Å². The maximum atomic E-state index is 4.54. The standard InChI is InChI=1S/C14H24BrN3S/c1-4-12-14(15)13(18(3)17-12)9-16-10-6-7-11(8-10)19-5-2/h10-11,16H,4-9H2,1-3H3. The summed E-state index contributed by atoms with van der Waals surface area (Å²) in [4.78, 5) is 0. The molecule has 0 aromatic carbocycles. The third-order valence-corrected chi connectivity index (χ3v) is 6.00. The zero-order valence-electron chi connectivity index (χ0n) is 12.1. The normalized spacial score (nSPS) is 23.2. The van der Waals surface area contributed by atoms with Gasteiger partial charge in [-0.05, 0) is 47.4 Å². The molecule has 0 bridgehead atoms. The van der Waals surface area contributed by atoms with Gasteiger partial charge in [0.1, 0.15) is 0 Å². The molecule has 1 saturated carbocycles. The predicted octanol–water partition coefficient (Wildman–Crippen LogP) is 3.51. The number of aryl methyl sites for hydroxylation is 2. The molecule has 1 heterocycles. The Balaban J connectivity index is 1.88. The first-order chi connectivity index (χ1) is 9.15. The zero-order valence-corrected chi connectivity index (χ0v) is 14.5. The second-order valence-electron chi connectivity index (χ2n) is 5.15. The molecule has 2 atom stereocenters. The van der Waals surface area contributed by atoms with Gasteiger partial charge >= 0.3 is 0 Å². The predicted molar refractivity (Wildman–Crippen MR) is 86.7 cm³/mol. The maximum absolute atomic E-state index is 4.54. The monoisotopic (exact) mass is 345 g/mol. The van der Waals surface area contributed by atoms with Gasteiger partial charge in [0.05, 0.1) is 15.9 Å². The summed E-state index contributed by atoms with van der Waals surface area (Å²) in [6.07, 6.45) is 4.97. The molecule has 1 aliphatic carbocycles. The average molecular weight is 346 g/mol. The summed E-state index contributed by atoms with van der Waals surface area (Å²) in [6.45, 7) is 5.32. The van der Waals surface area contributed by atoms with Crippen molar-refractivity contribution < 1.29 is 0 Å². The van der Waals surface area contributed by atoms with Crippen LogP contribution in [-0.4, -0.2) is 26.8 Å². The highest BCUT2D eigenvalue weighted by Crippen LogP contribution is 2.30. The minimum absolute atomic E-state index is 0.677. The van der Waals surface area contributed by atoms with E-state index in [4.69, 9.17) is 0 Å². The van der Waals surface area contributed by atoms with Crippen LogP contribution in [0.4, 0.5) is 0 Å². The lowest BCUT2D eigenvalue weighted by Gasteiger charge is -2.13.